The van der Waals surface area contributed by atoms with Gasteiger partial charge in [-0.05, 0) is 47.6 Å². The first-order chi connectivity index (χ1) is 21.6. The number of carboxylic acids is 1. The van der Waals surface area contributed by atoms with Crippen LogP contribution in [-0.4, -0.2) is 74.9 Å². The van der Waals surface area contributed by atoms with Crippen LogP contribution in [0.1, 0.15) is 37.8 Å². The highest BCUT2D eigenvalue weighted by atomic mass is 32.2. The summed E-state index contributed by atoms with van der Waals surface area (Å²) in [6, 6.07) is 11.0. The molecule has 45 heavy (non-hydrogen) atoms. The van der Waals surface area contributed by atoms with Gasteiger partial charge in [-0.3, -0.25) is 14.4 Å². The Morgan fingerprint density at radius 2 is 1.36 bits per heavy atom. The molecule has 0 aliphatic carbocycles. The third-order valence-corrected chi connectivity index (χ3v) is 8.85. The fourth-order valence-corrected chi connectivity index (χ4v) is 5.81. The number of benzene rings is 2. The van der Waals surface area contributed by atoms with E-state index in [1.54, 1.807) is 24.2 Å². The molecule has 0 saturated heterocycles. The monoisotopic (exact) mass is 634 g/mol. The quantitative estimate of drug-likeness (QED) is 0.0988. The van der Waals surface area contributed by atoms with E-state index in [4.69, 9.17) is 5.73 Å². The molecule has 0 aliphatic heterocycles. The van der Waals surface area contributed by atoms with Crippen molar-refractivity contribution in [1.82, 2.24) is 25.9 Å². The number of thioether (sulfide) groups is 1. The zero-order valence-corrected chi connectivity index (χ0v) is 26.6. The van der Waals surface area contributed by atoms with Crippen molar-refractivity contribution in [3.63, 3.8) is 0 Å². The number of carbonyl (C=O) groups excluding carboxylic acids is 3. The first-order valence-corrected chi connectivity index (χ1v) is 16.5. The average Bonchev–Trinajstić information content (AvgIpc) is 3.65. The van der Waals surface area contributed by atoms with Gasteiger partial charge in [0.2, 0.25) is 17.7 Å². The Morgan fingerprint density at radius 3 is 1.89 bits per heavy atom. The number of hydrogen-bond donors (Lipinski definition) is 7. The van der Waals surface area contributed by atoms with E-state index < -0.39 is 47.9 Å². The third-order valence-electron chi connectivity index (χ3n) is 8.21. The van der Waals surface area contributed by atoms with Crippen molar-refractivity contribution >= 4 is 57.3 Å². The van der Waals surface area contributed by atoms with Gasteiger partial charge in [-0.25, -0.2) is 4.79 Å². The number of H-pyrrole nitrogens is 2. The minimum Gasteiger partial charge on any atom is -0.480 e. The van der Waals surface area contributed by atoms with Crippen LogP contribution in [0, 0.1) is 5.92 Å². The number of nitrogens with one attached hydrogen (secondary N) is 5. The van der Waals surface area contributed by atoms with Gasteiger partial charge >= 0.3 is 5.97 Å². The van der Waals surface area contributed by atoms with Crippen molar-refractivity contribution in [2.24, 2.45) is 11.7 Å². The molecule has 3 amide bonds. The highest BCUT2D eigenvalue weighted by Gasteiger charge is 2.33. The average molecular weight is 635 g/mol. The Kier molecular flexibility index (Phi) is 11.7. The number of carboxylic acid groups (broad SMARTS) is 1. The molecule has 0 aliphatic rings. The number of rotatable bonds is 16. The van der Waals surface area contributed by atoms with Crippen LogP contribution < -0.4 is 21.7 Å². The number of hydrogen-bond acceptors (Lipinski definition) is 6. The molecule has 4 aromatic rings. The summed E-state index contributed by atoms with van der Waals surface area (Å²) in [5, 5.41) is 20.1. The smallest absolute Gasteiger partial charge is 0.326 e. The minimum atomic E-state index is -1.25. The lowest BCUT2D eigenvalue weighted by atomic mass is 9.96. The lowest BCUT2D eigenvalue weighted by molar-refractivity contribution is -0.142. The Morgan fingerprint density at radius 1 is 0.822 bits per heavy atom. The number of aromatic nitrogens is 2. The molecule has 5 atom stereocenters. The number of para-hydroxylation sites is 2. The van der Waals surface area contributed by atoms with Crippen LogP contribution in [0.4, 0.5) is 0 Å². The summed E-state index contributed by atoms with van der Waals surface area (Å²) in [5.41, 5.74) is 9.32. The summed E-state index contributed by atoms with van der Waals surface area (Å²) in [5.74, 6) is -2.39. The minimum absolute atomic E-state index is 0.0400. The molecule has 0 bridgehead atoms. The van der Waals surface area contributed by atoms with Gasteiger partial charge < -0.3 is 36.8 Å². The van der Waals surface area contributed by atoms with E-state index in [9.17, 15) is 24.3 Å². The van der Waals surface area contributed by atoms with Crippen LogP contribution in [0.2, 0.25) is 0 Å². The molecule has 0 spiro atoms. The van der Waals surface area contributed by atoms with E-state index in [1.807, 2.05) is 68.6 Å². The molecule has 2 aromatic heterocycles. The zero-order chi connectivity index (χ0) is 32.5. The van der Waals surface area contributed by atoms with Crippen molar-refractivity contribution in [3.8, 4) is 0 Å². The zero-order valence-electron chi connectivity index (χ0n) is 25.8. The van der Waals surface area contributed by atoms with Gasteiger partial charge in [-0.15, -0.1) is 0 Å². The first kappa shape index (κ1) is 33.6. The number of amides is 3. The number of fused-ring (bicyclic) bond motifs is 2. The van der Waals surface area contributed by atoms with Crippen LogP contribution in [0.15, 0.2) is 60.9 Å². The Hall–Kier alpha value is -4.29. The Balaban J connectivity index is 1.58. The van der Waals surface area contributed by atoms with Gasteiger partial charge in [0.25, 0.3) is 0 Å². The van der Waals surface area contributed by atoms with Crippen molar-refractivity contribution in [3.05, 3.63) is 72.1 Å². The van der Waals surface area contributed by atoms with E-state index in [-0.39, 0.29) is 18.8 Å². The highest BCUT2D eigenvalue weighted by Crippen LogP contribution is 2.21. The maximum atomic E-state index is 13.8. The predicted molar refractivity (Wildman–Crippen MR) is 178 cm³/mol. The molecule has 12 heteroatoms. The van der Waals surface area contributed by atoms with Crippen LogP contribution in [0.5, 0.6) is 0 Å². The molecular weight excluding hydrogens is 592 g/mol. The molecular formula is C33H42N6O5S. The van der Waals surface area contributed by atoms with E-state index in [0.29, 0.717) is 18.6 Å². The fourth-order valence-electron chi connectivity index (χ4n) is 5.32. The second-order valence-electron chi connectivity index (χ2n) is 11.3. The predicted octanol–water partition coefficient (Wildman–Crippen LogP) is 3.10. The fraction of sp³-hybridized carbons (Fsp3) is 0.394. The normalized spacial score (nSPS) is 14.8. The number of aromatic amines is 2. The van der Waals surface area contributed by atoms with Gasteiger partial charge in [0, 0.05) is 47.0 Å². The molecule has 0 fully saturated rings. The first-order valence-electron chi connectivity index (χ1n) is 15.1. The number of nitrogens with two attached hydrogens (primary N) is 1. The molecule has 4 rings (SSSR count). The second-order valence-corrected chi connectivity index (χ2v) is 12.3. The van der Waals surface area contributed by atoms with Crippen molar-refractivity contribution in [1.29, 1.82) is 0 Å². The highest BCUT2D eigenvalue weighted by molar-refractivity contribution is 7.98. The van der Waals surface area contributed by atoms with E-state index in [0.717, 1.165) is 32.9 Å². The summed E-state index contributed by atoms with van der Waals surface area (Å²) >= 11 is 1.58. The van der Waals surface area contributed by atoms with E-state index in [1.165, 1.54) is 0 Å². The molecule has 0 radical (unpaired) electrons. The second kappa shape index (κ2) is 15.6. The molecule has 5 unspecified atom stereocenters. The largest absolute Gasteiger partial charge is 0.480 e. The van der Waals surface area contributed by atoms with Gasteiger partial charge in [0.05, 0.1) is 6.04 Å². The maximum absolute atomic E-state index is 13.8. The van der Waals surface area contributed by atoms with Crippen molar-refractivity contribution in [2.45, 2.75) is 63.7 Å². The van der Waals surface area contributed by atoms with Crippen LogP contribution in [-0.2, 0) is 32.0 Å². The molecule has 240 valence electrons. The van der Waals surface area contributed by atoms with Crippen LogP contribution in [0.25, 0.3) is 21.8 Å². The molecule has 0 saturated carbocycles. The molecule has 2 heterocycles. The van der Waals surface area contributed by atoms with Crippen LogP contribution in [0.3, 0.4) is 0 Å². The summed E-state index contributed by atoms with van der Waals surface area (Å²) in [4.78, 5) is 59.2. The van der Waals surface area contributed by atoms with E-state index in [2.05, 4.69) is 25.9 Å². The summed E-state index contributed by atoms with van der Waals surface area (Å²) in [7, 11) is 0. The third kappa shape index (κ3) is 8.46. The lowest BCUT2D eigenvalue weighted by Crippen LogP contribution is -2.59. The number of aliphatic carboxylic acids is 1. The standard InChI is InChI=1S/C33H42N6O5S/c1-4-19(2)29(39-30(40)24(34)13-14-45-3)32(42)37-27(15-20-17-35-25-11-7-5-9-22(20)25)31(41)38-28(33(43)44)16-21-18-36-26-12-8-6-10-23(21)26/h5-12,17-19,24,27-29,35-36H,4,13-16,34H2,1-3H3,(H,37,42)(H,38,41)(H,39,40)(H,43,44). The Labute approximate surface area is 266 Å². The summed E-state index contributed by atoms with van der Waals surface area (Å²) in [6.45, 7) is 3.75. The molecule has 8 N–H and O–H groups in total. The lowest BCUT2D eigenvalue weighted by Gasteiger charge is -2.28. The van der Waals surface area contributed by atoms with Crippen molar-refractivity contribution < 1.29 is 24.3 Å². The van der Waals surface area contributed by atoms with Gasteiger partial charge in [-0.2, -0.15) is 11.8 Å². The SMILES string of the molecule is CCC(C)C(NC(=O)C(N)CCSC)C(=O)NC(Cc1c[nH]c2ccccc12)C(=O)NC(Cc1c[nH]c2ccccc12)C(=O)O. The van der Waals surface area contributed by atoms with E-state index >= 15 is 0 Å². The van der Waals surface area contributed by atoms with Gasteiger partial charge in [0.15, 0.2) is 0 Å². The summed E-state index contributed by atoms with van der Waals surface area (Å²) < 4.78 is 0. The van der Waals surface area contributed by atoms with Gasteiger partial charge in [-0.1, -0.05) is 56.7 Å². The Bertz CT molecular complexity index is 1630. The summed E-state index contributed by atoms with van der Waals surface area (Å²) in [6.07, 6.45) is 6.61. The topological polar surface area (TPSA) is 182 Å². The van der Waals surface area contributed by atoms with Crippen molar-refractivity contribution in [2.75, 3.05) is 12.0 Å². The maximum Gasteiger partial charge on any atom is 0.326 e. The number of carbonyl (C=O) groups is 4. The molecule has 11 nitrogen and oxygen atoms in total. The van der Waals surface area contributed by atoms with Crippen LogP contribution >= 0.6 is 11.8 Å². The molecule has 2 aromatic carbocycles. The van der Waals surface area contributed by atoms with Gasteiger partial charge in [0.1, 0.15) is 18.1 Å².